The smallest absolute Gasteiger partial charge is 0.312 e. The van der Waals surface area contributed by atoms with E-state index >= 15 is 0 Å². The van der Waals surface area contributed by atoms with Gasteiger partial charge in [-0.3, -0.25) is 24.2 Å². The Kier molecular flexibility index (Phi) is 8.90. The highest BCUT2D eigenvalue weighted by Gasteiger charge is 2.28. The van der Waals surface area contributed by atoms with Gasteiger partial charge in [0.25, 0.3) is 0 Å². The van der Waals surface area contributed by atoms with Gasteiger partial charge in [-0.1, -0.05) is 36.7 Å². The molecule has 1 N–H and O–H groups in total. The van der Waals surface area contributed by atoms with Gasteiger partial charge in [0.2, 0.25) is 11.8 Å². The number of benzene rings is 2. The second-order valence-electron chi connectivity index (χ2n) is 8.04. The first-order valence-corrected chi connectivity index (χ1v) is 11.5. The molecule has 3 rings (SSSR count). The number of carboxylic acid groups (broad SMARTS) is 1. The van der Waals surface area contributed by atoms with E-state index in [0.717, 1.165) is 5.56 Å². The molecule has 2 amide bonds. The number of halogens is 1. The normalized spacial score (nSPS) is 14.5. The quantitative estimate of drug-likeness (QED) is 0.456. The number of likely N-dealkylation sites (N-methyl/N-ethyl adjacent to an activating group) is 1. The van der Waals surface area contributed by atoms with E-state index < -0.39 is 11.9 Å². The fourth-order valence-electron chi connectivity index (χ4n) is 3.89. The number of amides is 2. The molecule has 1 atom stereocenters. The number of imide groups is 1. The van der Waals surface area contributed by atoms with Crippen LogP contribution >= 0.6 is 11.6 Å². The van der Waals surface area contributed by atoms with Crippen molar-refractivity contribution in [1.29, 1.82) is 0 Å². The minimum atomic E-state index is -0.892. The van der Waals surface area contributed by atoms with Gasteiger partial charge in [0, 0.05) is 31.0 Å². The summed E-state index contributed by atoms with van der Waals surface area (Å²) in [5.74, 6) is -0.879. The summed E-state index contributed by atoms with van der Waals surface area (Å²) in [6.07, 6.45) is 0.511. The third-order valence-corrected chi connectivity index (χ3v) is 6.07. The van der Waals surface area contributed by atoms with Crippen molar-refractivity contribution in [2.24, 2.45) is 0 Å². The zero-order valence-corrected chi connectivity index (χ0v) is 20.1. The van der Waals surface area contributed by atoms with Crippen LogP contribution in [0.4, 0.5) is 0 Å². The van der Waals surface area contributed by atoms with Crippen LogP contribution in [0.3, 0.4) is 0 Å². The summed E-state index contributed by atoms with van der Waals surface area (Å²) in [7, 11) is 1.54. The van der Waals surface area contributed by atoms with E-state index in [9.17, 15) is 19.5 Å². The zero-order chi connectivity index (χ0) is 24.7. The summed E-state index contributed by atoms with van der Waals surface area (Å²) < 4.78 is 11.2. The van der Waals surface area contributed by atoms with Crippen molar-refractivity contribution in [2.45, 2.75) is 32.2 Å². The average Bonchev–Trinajstić information content (AvgIpc) is 3.15. The summed E-state index contributed by atoms with van der Waals surface area (Å²) in [5, 5.41) is 10.3. The molecule has 1 heterocycles. The summed E-state index contributed by atoms with van der Waals surface area (Å²) in [6.45, 7) is 3.89. The van der Waals surface area contributed by atoms with Crippen LogP contribution < -0.4 is 9.47 Å². The van der Waals surface area contributed by atoms with Crippen molar-refractivity contribution in [3.63, 3.8) is 0 Å². The van der Waals surface area contributed by atoms with Crippen LogP contribution in [-0.2, 0) is 20.9 Å². The fourth-order valence-corrected chi connectivity index (χ4v) is 4.02. The molecule has 1 aliphatic heterocycles. The lowest BCUT2D eigenvalue weighted by atomic mass is 9.98. The number of nitrogens with zero attached hydrogens (tertiary/aromatic N) is 2. The third kappa shape index (κ3) is 6.48. The highest BCUT2D eigenvalue weighted by atomic mass is 35.5. The Morgan fingerprint density at radius 2 is 1.79 bits per heavy atom. The molecule has 9 heteroatoms. The maximum Gasteiger partial charge on any atom is 0.312 e. The largest absolute Gasteiger partial charge is 0.493 e. The van der Waals surface area contributed by atoms with Crippen LogP contribution in [0, 0.1) is 0 Å². The SMILES string of the molecule is CCN(Cc1ccc(OCCN2C(=O)CCC2=O)c(OC)c1)CC(C(=O)O)c1ccc(Cl)cc1. The van der Waals surface area contributed by atoms with E-state index in [1.807, 2.05) is 24.0 Å². The lowest BCUT2D eigenvalue weighted by Gasteiger charge is -2.25. The Labute approximate surface area is 204 Å². The summed E-state index contributed by atoms with van der Waals surface area (Å²) >= 11 is 5.94. The topological polar surface area (TPSA) is 96.4 Å². The van der Waals surface area contributed by atoms with Crippen LogP contribution in [0.1, 0.15) is 36.8 Å². The molecule has 34 heavy (non-hydrogen) atoms. The van der Waals surface area contributed by atoms with E-state index in [4.69, 9.17) is 21.1 Å². The Hall–Kier alpha value is -3.10. The number of carbonyl (C=O) groups is 3. The molecular formula is C25H29ClN2O6. The van der Waals surface area contributed by atoms with Crippen molar-refractivity contribution in [3.8, 4) is 11.5 Å². The molecule has 0 spiro atoms. The molecule has 1 unspecified atom stereocenters. The highest BCUT2D eigenvalue weighted by molar-refractivity contribution is 6.30. The molecule has 8 nitrogen and oxygen atoms in total. The minimum absolute atomic E-state index is 0.172. The Morgan fingerprint density at radius 1 is 1.12 bits per heavy atom. The van der Waals surface area contributed by atoms with Crippen molar-refractivity contribution in [1.82, 2.24) is 9.80 Å². The Morgan fingerprint density at radius 3 is 2.38 bits per heavy atom. The summed E-state index contributed by atoms with van der Waals surface area (Å²) in [4.78, 5) is 38.7. The van der Waals surface area contributed by atoms with E-state index in [1.54, 1.807) is 30.3 Å². The molecule has 0 aliphatic carbocycles. The van der Waals surface area contributed by atoms with E-state index in [2.05, 4.69) is 0 Å². The zero-order valence-electron chi connectivity index (χ0n) is 19.3. The first kappa shape index (κ1) is 25.5. The van der Waals surface area contributed by atoms with Crippen molar-refractivity contribution in [3.05, 3.63) is 58.6 Å². The number of hydrogen-bond donors (Lipinski definition) is 1. The number of ether oxygens (including phenoxy) is 2. The number of likely N-dealkylation sites (tertiary alicyclic amines) is 1. The van der Waals surface area contributed by atoms with Gasteiger partial charge < -0.3 is 14.6 Å². The van der Waals surface area contributed by atoms with Gasteiger partial charge in [-0.2, -0.15) is 0 Å². The number of methoxy groups -OCH3 is 1. The Bertz CT molecular complexity index is 1010. The molecular weight excluding hydrogens is 460 g/mol. The summed E-state index contributed by atoms with van der Waals surface area (Å²) in [5.41, 5.74) is 1.64. The maximum atomic E-state index is 11.9. The molecule has 2 aromatic rings. The predicted octanol–water partition coefficient (Wildman–Crippen LogP) is 3.57. The molecule has 0 aromatic heterocycles. The van der Waals surface area contributed by atoms with Crippen molar-refractivity contribution >= 4 is 29.4 Å². The number of aliphatic carboxylic acids is 1. The molecule has 0 radical (unpaired) electrons. The minimum Gasteiger partial charge on any atom is -0.493 e. The molecule has 1 saturated heterocycles. The summed E-state index contributed by atoms with van der Waals surface area (Å²) in [6, 6.07) is 12.4. The molecule has 182 valence electrons. The Balaban J connectivity index is 1.64. The van der Waals surface area contributed by atoms with E-state index in [1.165, 1.54) is 12.0 Å². The predicted molar refractivity (Wildman–Crippen MR) is 127 cm³/mol. The van der Waals surface area contributed by atoms with Gasteiger partial charge in [0.15, 0.2) is 11.5 Å². The first-order valence-electron chi connectivity index (χ1n) is 11.2. The monoisotopic (exact) mass is 488 g/mol. The van der Waals surface area contributed by atoms with Gasteiger partial charge in [0.05, 0.1) is 19.6 Å². The van der Waals surface area contributed by atoms with Crippen LogP contribution in [0.2, 0.25) is 5.02 Å². The standard InChI is InChI=1S/C25H29ClN2O6/c1-3-27(16-20(25(31)32)18-5-7-19(26)8-6-18)15-17-4-9-21(22(14-17)33-2)34-13-12-28-23(29)10-11-24(28)30/h4-9,14,20H,3,10-13,15-16H2,1-2H3,(H,31,32). The van der Waals surface area contributed by atoms with Crippen molar-refractivity contribution in [2.75, 3.05) is 33.4 Å². The number of carbonyl (C=O) groups excluding carboxylic acids is 2. The number of rotatable bonds is 12. The second kappa shape index (κ2) is 11.9. The van der Waals surface area contributed by atoms with Gasteiger partial charge in [-0.05, 0) is 41.9 Å². The first-order chi connectivity index (χ1) is 16.3. The molecule has 2 aromatic carbocycles. The van der Waals surface area contributed by atoms with Crippen LogP contribution in [0.15, 0.2) is 42.5 Å². The van der Waals surface area contributed by atoms with E-state index in [0.29, 0.717) is 41.7 Å². The average molecular weight is 489 g/mol. The van der Waals surface area contributed by atoms with Gasteiger partial charge >= 0.3 is 5.97 Å². The van der Waals surface area contributed by atoms with Gasteiger partial charge in [-0.25, -0.2) is 0 Å². The van der Waals surface area contributed by atoms with Crippen LogP contribution in [-0.4, -0.2) is 66.0 Å². The van der Waals surface area contributed by atoms with Crippen molar-refractivity contribution < 1.29 is 29.0 Å². The van der Waals surface area contributed by atoms with Gasteiger partial charge in [0.1, 0.15) is 6.61 Å². The number of carboxylic acids is 1. The highest BCUT2D eigenvalue weighted by Crippen LogP contribution is 2.29. The third-order valence-electron chi connectivity index (χ3n) is 5.82. The fraction of sp³-hybridized carbons (Fsp3) is 0.400. The molecule has 0 bridgehead atoms. The molecule has 1 aliphatic rings. The maximum absolute atomic E-state index is 11.9. The van der Waals surface area contributed by atoms with Crippen LogP contribution in [0.25, 0.3) is 0 Å². The number of hydrogen-bond acceptors (Lipinski definition) is 6. The van der Waals surface area contributed by atoms with Crippen LogP contribution in [0.5, 0.6) is 11.5 Å². The molecule has 0 saturated carbocycles. The van der Waals surface area contributed by atoms with E-state index in [-0.39, 0.29) is 37.8 Å². The molecule has 1 fully saturated rings. The lowest BCUT2D eigenvalue weighted by molar-refractivity contribution is -0.140. The second-order valence-corrected chi connectivity index (χ2v) is 8.48. The lowest BCUT2D eigenvalue weighted by Crippen LogP contribution is -2.33. The van der Waals surface area contributed by atoms with Gasteiger partial charge in [-0.15, -0.1) is 0 Å².